The van der Waals surface area contributed by atoms with E-state index in [9.17, 15) is 4.79 Å². The van der Waals surface area contributed by atoms with E-state index in [0.717, 1.165) is 30.5 Å². The van der Waals surface area contributed by atoms with Gasteiger partial charge in [0.2, 0.25) is 0 Å². The third-order valence-corrected chi connectivity index (χ3v) is 4.15. The van der Waals surface area contributed by atoms with Crippen LogP contribution >= 0.6 is 15.9 Å². The summed E-state index contributed by atoms with van der Waals surface area (Å²) in [5, 5.41) is 0. The molecule has 2 rings (SSSR count). The number of halogens is 1. The van der Waals surface area contributed by atoms with Crippen LogP contribution in [0.5, 0.6) is 5.75 Å². The fourth-order valence-corrected chi connectivity index (χ4v) is 2.54. The predicted octanol–water partition coefficient (Wildman–Crippen LogP) is 2.75. The van der Waals surface area contributed by atoms with E-state index in [1.165, 1.54) is 0 Å². The molecule has 0 amide bonds. The van der Waals surface area contributed by atoms with Gasteiger partial charge in [-0.25, -0.2) is 0 Å². The van der Waals surface area contributed by atoms with Crippen LogP contribution in [0.3, 0.4) is 0 Å². The van der Waals surface area contributed by atoms with Crippen LogP contribution in [0.25, 0.3) is 0 Å². The Balaban J connectivity index is 1.90. The average molecular weight is 342 g/mol. The molecule has 1 unspecified atom stereocenters. The number of nitrogens with zero attached hydrogens (tertiary/aromatic N) is 1. The molecule has 1 aliphatic heterocycles. The Bertz CT molecular complexity index is 464. The largest absolute Gasteiger partial charge is 0.491 e. The molecule has 0 spiro atoms. The van der Waals surface area contributed by atoms with Crippen molar-refractivity contribution in [2.75, 3.05) is 26.3 Å². The Morgan fingerprint density at radius 1 is 1.55 bits per heavy atom. The first-order valence-electron chi connectivity index (χ1n) is 6.83. The van der Waals surface area contributed by atoms with E-state index in [-0.39, 0.29) is 6.10 Å². The van der Waals surface area contributed by atoms with Gasteiger partial charge in [-0.05, 0) is 32.0 Å². The number of morpholine rings is 1. The monoisotopic (exact) mass is 341 g/mol. The highest BCUT2D eigenvalue weighted by Gasteiger charge is 2.22. The van der Waals surface area contributed by atoms with Gasteiger partial charge in [-0.3, -0.25) is 9.69 Å². The third kappa shape index (κ3) is 4.04. The number of benzene rings is 1. The molecule has 1 atom stereocenters. The van der Waals surface area contributed by atoms with E-state index in [2.05, 4.69) is 34.7 Å². The summed E-state index contributed by atoms with van der Waals surface area (Å²) in [4.78, 5) is 13.3. The van der Waals surface area contributed by atoms with Gasteiger partial charge in [0.25, 0.3) is 0 Å². The Labute approximate surface area is 128 Å². The highest BCUT2D eigenvalue weighted by Crippen LogP contribution is 2.21. The number of carbonyl (C=O) groups is 1. The molecule has 110 valence electrons. The molecule has 0 bridgehead atoms. The summed E-state index contributed by atoms with van der Waals surface area (Å²) >= 11 is 3.32. The zero-order chi connectivity index (χ0) is 14.5. The van der Waals surface area contributed by atoms with E-state index in [1.807, 2.05) is 12.1 Å². The Morgan fingerprint density at radius 2 is 2.35 bits per heavy atom. The Hall–Kier alpha value is -0.910. The lowest BCUT2D eigenvalue weighted by Gasteiger charge is -2.35. The van der Waals surface area contributed by atoms with Gasteiger partial charge < -0.3 is 9.47 Å². The number of aldehydes is 1. The maximum Gasteiger partial charge on any atom is 0.151 e. The van der Waals surface area contributed by atoms with Crippen molar-refractivity contribution in [3.05, 3.63) is 28.2 Å². The highest BCUT2D eigenvalue weighted by molar-refractivity contribution is 9.10. The van der Waals surface area contributed by atoms with Gasteiger partial charge in [0.1, 0.15) is 18.5 Å². The fraction of sp³-hybridized carbons (Fsp3) is 0.533. The minimum atomic E-state index is 0.0782. The molecule has 1 heterocycles. The van der Waals surface area contributed by atoms with E-state index in [1.54, 1.807) is 6.07 Å². The van der Waals surface area contributed by atoms with Crippen LogP contribution in [0, 0.1) is 0 Å². The van der Waals surface area contributed by atoms with Crippen LogP contribution in [0.1, 0.15) is 24.2 Å². The third-order valence-electron chi connectivity index (χ3n) is 3.43. The van der Waals surface area contributed by atoms with Crippen LogP contribution in [0.15, 0.2) is 22.7 Å². The first-order chi connectivity index (χ1) is 9.60. The van der Waals surface area contributed by atoms with Gasteiger partial charge >= 0.3 is 0 Å². The van der Waals surface area contributed by atoms with E-state index in [4.69, 9.17) is 9.47 Å². The summed E-state index contributed by atoms with van der Waals surface area (Å²) in [5.74, 6) is 0.695. The van der Waals surface area contributed by atoms with Crippen molar-refractivity contribution in [2.45, 2.75) is 26.0 Å². The van der Waals surface area contributed by atoms with Crippen molar-refractivity contribution < 1.29 is 14.3 Å². The number of hydrogen-bond acceptors (Lipinski definition) is 4. The van der Waals surface area contributed by atoms with Crippen molar-refractivity contribution in [3.8, 4) is 5.75 Å². The molecule has 1 fully saturated rings. The minimum Gasteiger partial charge on any atom is -0.491 e. The quantitative estimate of drug-likeness (QED) is 0.772. The maximum absolute atomic E-state index is 10.9. The van der Waals surface area contributed by atoms with E-state index >= 15 is 0 Å². The molecule has 4 nitrogen and oxygen atoms in total. The smallest absolute Gasteiger partial charge is 0.151 e. The van der Waals surface area contributed by atoms with Crippen LogP contribution < -0.4 is 4.74 Å². The second kappa shape index (κ2) is 7.20. The zero-order valence-corrected chi connectivity index (χ0v) is 13.4. The maximum atomic E-state index is 10.9. The molecule has 1 aromatic carbocycles. The average Bonchev–Trinajstić information content (AvgIpc) is 2.46. The van der Waals surface area contributed by atoms with Crippen LogP contribution in [0.4, 0.5) is 0 Å². The second-order valence-corrected chi connectivity index (χ2v) is 6.05. The van der Waals surface area contributed by atoms with Crippen molar-refractivity contribution in [1.82, 2.24) is 4.90 Å². The van der Waals surface area contributed by atoms with Gasteiger partial charge in [0, 0.05) is 29.2 Å². The van der Waals surface area contributed by atoms with Crippen LogP contribution in [-0.4, -0.2) is 49.6 Å². The van der Waals surface area contributed by atoms with Crippen LogP contribution in [0.2, 0.25) is 0 Å². The first kappa shape index (κ1) is 15.5. The summed E-state index contributed by atoms with van der Waals surface area (Å²) < 4.78 is 12.2. The molecule has 1 aliphatic rings. The Morgan fingerprint density at radius 3 is 3.05 bits per heavy atom. The summed E-state index contributed by atoms with van der Waals surface area (Å²) in [6, 6.07) is 5.93. The fourth-order valence-electron chi connectivity index (χ4n) is 2.20. The molecule has 1 aromatic rings. The molecule has 5 heteroatoms. The van der Waals surface area contributed by atoms with Crippen molar-refractivity contribution >= 4 is 22.2 Å². The molecule has 1 saturated heterocycles. The molecular weight excluding hydrogens is 322 g/mol. The number of carbonyl (C=O) groups excluding carboxylic acids is 1. The van der Waals surface area contributed by atoms with Crippen molar-refractivity contribution in [3.63, 3.8) is 0 Å². The molecule has 0 radical (unpaired) electrons. The summed E-state index contributed by atoms with van der Waals surface area (Å²) in [6.45, 7) is 7.48. The summed E-state index contributed by atoms with van der Waals surface area (Å²) in [6.07, 6.45) is 0.892. The van der Waals surface area contributed by atoms with Gasteiger partial charge in [-0.1, -0.05) is 15.9 Å². The van der Waals surface area contributed by atoms with Crippen molar-refractivity contribution in [1.29, 1.82) is 0 Å². The zero-order valence-electron chi connectivity index (χ0n) is 11.8. The summed E-state index contributed by atoms with van der Waals surface area (Å²) in [5.41, 5.74) is 0.593. The van der Waals surface area contributed by atoms with Crippen LogP contribution in [-0.2, 0) is 4.74 Å². The molecular formula is C15H20BrNO3. The molecule has 0 N–H and O–H groups in total. The number of hydrogen-bond donors (Lipinski definition) is 0. The normalized spacial score (nSPS) is 20.1. The SMILES string of the molecule is CC(C)N1CCOC(COc2ccc(Br)c(C=O)c2)C1. The standard InChI is InChI=1S/C15H20BrNO3/c1-11(2)17-5-6-19-14(8-17)10-20-13-3-4-15(16)12(7-13)9-18/h3-4,7,9,11,14H,5-6,8,10H2,1-2H3. The van der Waals surface area contributed by atoms with E-state index in [0.29, 0.717) is 24.0 Å². The van der Waals surface area contributed by atoms with Gasteiger partial charge in [0.15, 0.2) is 6.29 Å². The molecule has 20 heavy (non-hydrogen) atoms. The van der Waals surface area contributed by atoms with Gasteiger partial charge in [0.05, 0.1) is 6.61 Å². The number of ether oxygens (including phenoxy) is 2. The molecule has 0 aromatic heterocycles. The van der Waals surface area contributed by atoms with E-state index < -0.39 is 0 Å². The highest BCUT2D eigenvalue weighted by atomic mass is 79.9. The second-order valence-electron chi connectivity index (χ2n) is 5.19. The molecule has 0 saturated carbocycles. The molecule has 0 aliphatic carbocycles. The minimum absolute atomic E-state index is 0.0782. The van der Waals surface area contributed by atoms with Gasteiger partial charge in [-0.2, -0.15) is 0 Å². The lowest BCUT2D eigenvalue weighted by molar-refractivity contribution is -0.0564. The Kier molecular flexibility index (Phi) is 5.57. The lowest BCUT2D eigenvalue weighted by Crippen LogP contribution is -2.47. The summed E-state index contributed by atoms with van der Waals surface area (Å²) in [7, 11) is 0. The predicted molar refractivity (Wildman–Crippen MR) is 81.5 cm³/mol. The number of rotatable bonds is 5. The lowest BCUT2D eigenvalue weighted by atomic mass is 10.2. The first-order valence-corrected chi connectivity index (χ1v) is 7.62. The van der Waals surface area contributed by atoms with Gasteiger partial charge in [-0.15, -0.1) is 0 Å². The topological polar surface area (TPSA) is 38.8 Å². The van der Waals surface area contributed by atoms with Crippen molar-refractivity contribution in [2.24, 2.45) is 0 Å².